The summed E-state index contributed by atoms with van der Waals surface area (Å²) in [5, 5.41) is 13.4. The fourth-order valence-corrected chi connectivity index (χ4v) is 2.47. The number of aryl methyl sites for hydroxylation is 2. The normalized spacial score (nSPS) is 13.2. The van der Waals surface area contributed by atoms with E-state index in [0.717, 1.165) is 41.0 Å². The topological polar surface area (TPSA) is 69.8 Å². The number of rotatable bonds is 2. The van der Waals surface area contributed by atoms with Crippen LogP contribution in [0.3, 0.4) is 0 Å². The summed E-state index contributed by atoms with van der Waals surface area (Å²) in [6.07, 6.45) is 0.888. The van der Waals surface area contributed by atoms with E-state index in [4.69, 9.17) is 0 Å². The minimum atomic E-state index is -0.153. The number of H-pyrrole nitrogens is 1. The number of hydrogen-bond acceptors (Lipinski definition) is 3. The molecule has 21 heavy (non-hydrogen) atoms. The molecule has 0 atom stereocenters. The summed E-state index contributed by atoms with van der Waals surface area (Å²) >= 11 is 0. The molecule has 0 aliphatic carbocycles. The first-order valence-corrected chi connectivity index (χ1v) is 6.80. The van der Waals surface area contributed by atoms with E-state index in [1.807, 2.05) is 32.0 Å². The number of aromatic nitrogens is 2. The molecule has 112 valence electrons. The van der Waals surface area contributed by atoms with Crippen LogP contribution < -0.4 is 10.6 Å². The Morgan fingerprint density at radius 2 is 2.14 bits per heavy atom. The number of halogens is 1. The summed E-state index contributed by atoms with van der Waals surface area (Å²) in [5.74, 6) is -0.153. The van der Waals surface area contributed by atoms with E-state index in [2.05, 4.69) is 20.8 Å². The molecule has 0 saturated carbocycles. The molecule has 1 aliphatic heterocycles. The number of anilines is 1. The van der Waals surface area contributed by atoms with Crippen molar-refractivity contribution in [2.24, 2.45) is 0 Å². The van der Waals surface area contributed by atoms with Crippen LogP contribution in [-0.4, -0.2) is 22.6 Å². The van der Waals surface area contributed by atoms with Gasteiger partial charge in [0.15, 0.2) is 5.69 Å². The Hall–Kier alpha value is -1.85. The van der Waals surface area contributed by atoms with Crippen molar-refractivity contribution in [3.05, 3.63) is 46.3 Å². The maximum atomic E-state index is 12.4. The van der Waals surface area contributed by atoms with E-state index in [1.54, 1.807) is 0 Å². The van der Waals surface area contributed by atoms with Gasteiger partial charge in [0.2, 0.25) is 0 Å². The molecule has 5 nitrogen and oxygen atoms in total. The minimum absolute atomic E-state index is 0. The van der Waals surface area contributed by atoms with Gasteiger partial charge in [0.25, 0.3) is 5.91 Å². The number of nitrogens with one attached hydrogen (secondary N) is 3. The van der Waals surface area contributed by atoms with Crippen molar-refractivity contribution in [3.63, 3.8) is 0 Å². The van der Waals surface area contributed by atoms with Crippen LogP contribution in [0.25, 0.3) is 0 Å². The van der Waals surface area contributed by atoms with Gasteiger partial charge in [0.1, 0.15) is 0 Å². The average molecular weight is 307 g/mol. The zero-order valence-electron chi connectivity index (χ0n) is 12.1. The Kier molecular flexibility index (Phi) is 4.65. The molecule has 3 rings (SSSR count). The number of carbonyl (C=O) groups excluding carboxylic acids is 1. The summed E-state index contributed by atoms with van der Waals surface area (Å²) in [4.78, 5) is 12.4. The van der Waals surface area contributed by atoms with Crippen LogP contribution in [0.4, 0.5) is 5.69 Å². The molecule has 1 aromatic carbocycles. The summed E-state index contributed by atoms with van der Waals surface area (Å²) in [6.45, 7) is 5.61. The summed E-state index contributed by atoms with van der Waals surface area (Å²) in [6, 6.07) is 6.02. The molecule has 2 aromatic rings. The molecule has 1 amide bonds. The monoisotopic (exact) mass is 306 g/mol. The number of nitrogens with zero attached hydrogens (tertiary/aromatic N) is 1. The van der Waals surface area contributed by atoms with Crippen molar-refractivity contribution in [2.45, 2.75) is 26.8 Å². The predicted molar refractivity (Wildman–Crippen MR) is 85.1 cm³/mol. The molecule has 0 radical (unpaired) electrons. The summed E-state index contributed by atoms with van der Waals surface area (Å²) < 4.78 is 0. The van der Waals surface area contributed by atoms with Crippen molar-refractivity contribution in [1.29, 1.82) is 0 Å². The minimum Gasteiger partial charge on any atom is -0.320 e. The molecule has 1 aliphatic rings. The van der Waals surface area contributed by atoms with Crippen LogP contribution in [0.5, 0.6) is 0 Å². The van der Waals surface area contributed by atoms with Gasteiger partial charge in [0.05, 0.1) is 0 Å². The Morgan fingerprint density at radius 1 is 1.33 bits per heavy atom. The van der Waals surface area contributed by atoms with Crippen LogP contribution in [0.2, 0.25) is 0 Å². The van der Waals surface area contributed by atoms with E-state index < -0.39 is 0 Å². The molecule has 0 fully saturated rings. The molecule has 2 heterocycles. The second-order valence-electron chi connectivity index (χ2n) is 5.23. The Labute approximate surface area is 129 Å². The highest BCUT2D eigenvalue weighted by molar-refractivity contribution is 6.04. The highest BCUT2D eigenvalue weighted by Gasteiger charge is 2.21. The second kappa shape index (κ2) is 6.28. The van der Waals surface area contributed by atoms with Gasteiger partial charge in [-0.05, 0) is 31.0 Å². The summed E-state index contributed by atoms with van der Waals surface area (Å²) in [7, 11) is 0. The SMILES string of the molecule is Cc1ccc(C)c(NC(=O)c2n[nH]c3c2CNCC3)c1.Cl. The highest BCUT2D eigenvalue weighted by Crippen LogP contribution is 2.20. The first kappa shape index (κ1) is 15.5. The fourth-order valence-electron chi connectivity index (χ4n) is 2.47. The molecule has 0 spiro atoms. The van der Waals surface area contributed by atoms with Crippen molar-refractivity contribution < 1.29 is 4.79 Å². The molecule has 0 saturated heterocycles. The number of carbonyl (C=O) groups is 1. The van der Waals surface area contributed by atoms with Crippen LogP contribution in [0, 0.1) is 13.8 Å². The van der Waals surface area contributed by atoms with Crippen LogP contribution in [-0.2, 0) is 13.0 Å². The second-order valence-corrected chi connectivity index (χ2v) is 5.23. The lowest BCUT2D eigenvalue weighted by Gasteiger charge is -2.13. The lowest BCUT2D eigenvalue weighted by molar-refractivity contribution is 0.102. The van der Waals surface area contributed by atoms with Crippen molar-refractivity contribution in [2.75, 3.05) is 11.9 Å². The van der Waals surface area contributed by atoms with Gasteiger partial charge < -0.3 is 10.6 Å². The maximum Gasteiger partial charge on any atom is 0.276 e. The zero-order valence-corrected chi connectivity index (χ0v) is 12.9. The number of amides is 1. The van der Waals surface area contributed by atoms with Crippen molar-refractivity contribution >= 4 is 24.0 Å². The molecule has 0 unspecified atom stereocenters. The van der Waals surface area contributed by atoms with Gasteiger partial charge in [-0.2, -0.15) is 5.10 Å². The van der Waals surface area contributed by atoms with Gasteiger partial charge >= 0.3 is 0 Å². The summed E-state index contributed by atoms with van der Waals surface area (Å²) in [5.41, 5.74) is 5.56. The molecular weight excluding hydrogens is 288 g/mol. The third-order valence-electron chi connectivity index (χ3n) is 3.66. The van der Waals surface area contributed by atoms with E-state index >= 15 is 0 Å². The number of aromatic amines is 1. The average Bonchev–Trinajstić information content (AvgIpc) is 2.87. The standard InChI is InChI=1S/C15H18N4O.ClH/c1-9-3-4-10(2)13(7-9)17-15(20)14-11-8-16-6-5-12(11)18-19-14;/h3-4,7,16H,5-6,8H2,1-2H3,(H,17,20)(H,18,19);1H. The quantitative estimate of drug-likeness (QED) is 0.797. The highest BCUT2D eigenvalue weighted by atomic mass is 35.5. The first-order chi connectivity index (χ1) is 9.65. The largest absolute Gasteiger partial charge is 0.320 e. The van der Waals surface area contributed by atoms with Gasteiger partial charge in [-0.25, -0.2) is 0 Å². The predicted octanol–water partition coefficient (Wildman–Crippen LogP) is 2.35. The zero-order chi connectivity index (χ0) is 14.1. The maximum absolute atomic E-state index is 12.4. The molecule has 1 aromatic heterocycles. The molecule has 6 heteroatoms. The van der Waals surface area contributed by atoms with Crippen molar-refractivity contribution in [1.82, 2.24) is 15.5 Å². The third-order valence-corrected chi connectivity index (χ3v) is 3.66. The van der Waals surface area contributed by atoms with Gasteiger partial charge in [-0.15, -0.1) is 12.4 Å². The Morgan fingerprint density at radius 3 is 2.95 bits per heavy atom. The van der Waals surface area contributed by atoms with Crippen LogP contribution in [0.15, 0.2) is 18.2 Å². The molecular formula is C15H19ClN4O. The van der Waals surface area contributed by atoms with Gasteiger partial charge in [0, 0.05) is 36.5 Å². The third kappa shape index (κ3) is 3.09. The fraction of sp³-hybridized carbons (Fsp3) is 0.333. The van der Waals surface area contributed by atoms with E-state index in [9.17, 15) is 4.79 Å². The van der Waals surface area contributed by atoms with Gasteiger partial charge in [-0.1, -0.05) is 12.1 Å². The smallest absolute Gasteiger partial charge is 0.276 e. The number of hydrogen-bond donors (Lipinski definition) is 3. The Balaban J connectivity index is 0.00000161. The van der Waals surface area contributed by atoms with E-state index in [1.165, 1.54) is 0 Å². The van der Waals surface area contributed by atoms with E-state index in [-0.39, 0.29) is 18.3 Å². The van der Waals surface area contributed by atoms with Crippen molar-refractivity contribution in [3.8, 4) is 0 Å². The number of benzene rings is 1. The Bertz CT molecular complexity index is 666. The molecule has 3 N–H and O–H groups in total. The molecule has 0 bridgehead atoms. The lowest BCUT2D eigenvalue weighted by atomic mass is 10.1. The van der Waals surface area contributed by atoms with Crippen LogP contribution >= 0.6 is 12.4 Å². The van der Waals surface area contributed by atoms with E-state index in [0.29, 0.717) is 12.2 Å². The van der Waals surface area contributed by atoms with Gasteiger partial charge in [-0.3, -0.25) is 9.89 Å². The first-order valence-electron chi connectivity index (χ1n) is 6.80. The van der Waals surface area contributed by atoms with Crippen LogP contribution in [0.1, 0.15) is 32.9 Å². The number of fused-ring (bicyclic) bond motifs is 1. The lowest BCUT2D eigenvalue weighted by Crippen LogP contribution is -2.25.